The average Bonchev–Trinajstić information content (AvgIpc) is 2.73. The van der Waals surface area contributed by atoms with Gasteiger partial charge in [-0.25, -0.2) is 0 Å². The summed E-state index contributed by atoms with van der Waals surface area (Å²) < 4.78 is 16.5. The highest BCUT2D eigenvalue weighted by Gasteiger charge is 2.19. The highest BCUT2D eigenvalue weighted by atomic mass is 33.1. The topological polar surface area (TPSA) is 110 Å². The van der Waals surface area contributed by atoms with Crippen LogP contribution in [0.3, 0.4) is 0 Å². The van der Waals surface area contributed by atoms with Crippen molar-refractivity contribution in [3.63, 3.8) is 0 Å². The van der Waals surface area contributed by atoms with Gasteiger partial charge in [-0.1, -0.05) is 21.6 Å². The van der Waals surface area contributed by atoms with E-state index in [0.29, 0.717) is 63.1 Å². The van der Waals surface area contributed by atoms with Crippen molar-refractivity contribution in [2.45, 2.75) is 44.6 Å². The SMILES string of the molecule is CSSC(C)(C)CCC(=O)NCCOCCOCCOc1cc(CO)nc(CO)c1. The van der Waals surface area contributed by atoms with Crippen LogP contribution in [0.1, 0.15) is 38.1 Å². The molecule has 0 saturated carbocycles. The molecule has 1 aromatic rings. The van der Waals surface area contributed by atoms with E-state index in [1.165, 1.54) is 0 Å². The van der Waals surface area contributed by atoms with E-state index in [-0.39, 0.29) is 23.9 Å². The molecular weight excluding hydrogens is 428 g/mol. The molecule has 0 aliphatic carbocycles. The van der Waals surface area contributed by atoms with Crippen LogP contribution < -0.4 is 10.1 Å². The Morgan fingerprint density at radius 2 is 1.67 bits per heavy atom. The molecule has 10 heteroatoms. The van der Waals surface area contributed by atoms with Gasteiger partial charge in [-0.3, -0.25) is 9.78 Å². The maximum atomic E-state index is 11.8. The standard InChI is InChI=1S/C20H34N2O6S2/c1-20(2,30-29-3)5-4-19(25)21-6-7-26-8-9-27-10-11-28-18-12-16(14-23)22-17(13-18)15-24/h12-13,23-24H,4-11,14-15H2,1-3H3,(H,21,25). The van der Waals surface area contributed by atoms with Gasteiger partial charge in [0.1, 0.15) is 12.4 Å². The van der Waals surface area contributed by atoms with Crippen molar-refractivity contribution < 1.29 is 29.2 Å². The lowest BCUT2D eigenvalue weighted by Crippen LogP contribution is -2.29. The second-order valence-corrected chi connectivity index (χ2v) is 10.1. The number of hydrogen-bond acceptors (Lipinski definition) is 9. The van der Waals surface area contributed by atoms with Crippen LogP contribution in [0, 0.1) is 0 Å². The summed E-state index contributed by atoms with van der Waals surface area (Å²) in [6, 6.07) is 3.25. The second-order valence-electron chi connectivity index (χ2n) is 7.03. The van der Waals surface area contributed by atoms with E-state index < -0.39 is 0 Å². The van der Waals surface area contributed by atoms with Gasteiger partial charge in [0.2, 0.25) is 5.91 Å². The average molecular weight is 463 g/mol. The van der Waals surface area contributed by atoms with Crippen LogP contribution in [-0.4, -0.2) is 71.7 Å². The minimum atomic E-state index is -0.215. The molecule has 0 saturated heterocycles. The Kier molecular flexibility index (Phi) is 14.1. The predicted molar refractivity (Wildman–Crippen MR) is 121 cm³/mol. The summed E-state index contributed by atoms with van der Waals surface area (Å²) in [4.78, 5) is 15.9. The normalized spacial score (nSPS) is 11.5. The van der Waals surface area contributed by atoms with Crippen molar-refractivity contribution in [2.24, 2.45) is 0 Å². The Bertz CT molecular complexity index is 597. The lowest BCUT2D eigenvalue weighted by Gasteiger charge is -2.21. The number of pyridine rings is 1. The fraction of sp³-hybridized carbons (Fsp3) is 0.700. The molecule has 0 bridgehead atoms. The minimum absolute atomic E-state index is 0.0478. The molecule has 1 heterocycles. The number of ether oxygens (including phenoxy) is 3. The Labute approximate surface area is 186 Å². The zero-order valence-corrected chi connectivity index (χ0v) is 19.6. The summed E-state index contributed by atoms with van der Waals surface area (Å²) in [5.41, 5.74) is 0.890. The fourth-order valence-corrected chi connectivity index (χ4v) is 4.68. The Hall–Kier alpha value is -1.04. The first-order chi connectivity index (χ1) is 14.4. The van der Waals surface area contributed by atoms with Gasteiger partial charge >= 0.3 is 0 Å². The zero-order valence-electron chi connectivity index (χ0n) is 18.0. The molecule has 0 aromatic carbocycles. The van der Waals surface area contributed by atoms with Crippen LogP contribution in [-0.2, 0) is 27.5 Å². The highest BCUT2D eigenvalue weighted by molar-refractivity contribution is 8.76. The Balaban J connectivity index is 2.01. The number of nitrogens with one attached hydrogen (secondary N) is 1. The van der Waals surface area contributed by atoms with Crippen LogP contribution in [0.15, 0.2) is 12.1 Å². The number of aliphatic hydroxyl groups is 2. The van der Waals surface area contributed by atoms with E-state index >= 15 is 0 Å². The molecule has 0 aliphatic heterocycles. The summed E-state index contributed by atoms with van der Waals surface area (Å²) in [6.07, 6.45) is 3.40. The third kappa shape index (κ3) is 12.6. The van der Waals surface area contributed by atoms with E-state index in [9.17, 15) is 4.79 Å². The van der Waals surface area contributed by atoms with Gasteiger partial charge < -0.3 is 29.7 Å². The molecule has 8 nitrogen and oxygen atoms in total. The van der Waals surface area contributed by atoms with Crippen LogP contribution in [0.4, 0.5) is 0 Å². The fourth-order valence-electron chi connectivity index (χ4n) is 2.44. The lowest BCUT2D eigenvalue weighted by atomic mass is 10.1. The molecule has 30 heavy (non-hydrogen) atoms. The first-order valence-electron chi connectivity index (χ1n) is 9.88. The molecule has 1 aromatic heterocycles. The first-order valence-corrected chi connectivity index (χ1v) is 12.4. The predicted octanol–water partition coefficient (Wildman–Crippen LogP) is 2.16. The molecule has 3 N–H and O–H groups in total. The van der Waals surface area contributed by atoms with Crippen molar-refractivity contribution in [3.8, 4) is 5.75 Å². The summed E-state index contributed by atoms with van der Waals surface area (Å²) in [5, 5.41) is 21.2. The first kappa shape index (κ1) is 27.0. The number of rotatable bonds is 17. The lowest BCUT2D eigenvalue weighted by molar-refractivity contribution is -0.121. The number of aromatic nitrogens is 1. The van der Waals surface area contributed by atoms with Crippen LogP contribution in [0.5, 0.6) is 5.75 Å². The third-order valence-corrected chi connectivity index (χ3v) is 6.60. The van der Waals surface area contributed by atoms with Gasteiger partial charge in [-0.05, 0) is 26.5 Å². The van der Waals surface area contributed by atoms with Gasteiger partial charge in [0.05, 0.1) is 51.0 Å². The number of amides is 1. The van der Waals surface area contributed by atoms with Crippen molar-refractivity contribution in [1.82, 2.24) is 10.3 Å². The number of carbonyl (C=O) groups excluding carboxylic acids is 1. The molecule has 0 aliphatic rings. The van der Waals surface area contributed by atoms with Crippen LogP contribution >= 0.6 is 21.6 Å². The van der Waals surface area contributed by atoms with E-state index in [4.69, 9.17) is 24.4 Å². The summed E-state index contributed by atoms with van der Waals surface area (Å²) in [5.74, 6) is 0.579. The molecule has 0 spiro atoms. The molecule has 0 unspecified atom stereocenters. The molecule has 0 atom stereocenters. The summed E-state index contributed by atoms with van der Waals surface area (Å²) in [6.45, 7) is 6.37. The Morgan fingerprint density at radius 1 is 1.07 bits per heavy atom. The minimum Gasteiger partial charge on any atom is -0.491 e. The van der Waals surface area contributed by atoms with Gasteiger partial charge in [-0.15, -0.1) is 0 Å². The van der Waals surface area contributed by atoms with E-state index in [2.05, 4.69) is 24.1 Å². The highest BCUT2D eigenvalue weighted by Crippen LogP contribution is 2.36. The van der Waals surface area contributed by atoms with Crippen molar-refractivity contribution in [1.29, 1.82) is 0 Å². The van der Waals surface area contributed by atoms with Crippen molar-refractivity contribution in [2.75, 3.05) is 45.8 Å². The van der Waals surface area contributed by atoms with Crippen molar-refractivity contribution in [3.05, 3.63) is 23.5 Å². The number of nitrogens with zero attached hydrogens (tertiary/aromatic N) is 1. The van der Waals surface area contributed by atoms with Crippen LogP contribution in [0.2, 0.25) is 0 Å². The molecule has 172 valence electrons. The maximum absolute atomic E-state index is 11.8. The molecule has 1 rings (SSSR count). The van der Waals surface area contributed by atoms with E-state index in [0.717, 1.165) is 6.42 Å². The van der Waals surface area contributed by atoms with Crippen molar-refractivity contribution >= 4 is 27.5 Å². The van der Waals surface area contributed by atoms with Gasteiger partial charge in [0.25, 0.3) is 0 Å². The van der Waals surface area contributed by atoms with E-state index in [1.807, 2.05) is 6.26 Å². The summed E-state index contributed by atoms with van der Waals surface area (Å²) in [7, 11) is 3.51. The smallest absolute Gasteiger partial charge is 0.220 e. The Morgan fingerprint density at radius 3 is 2.27 bits per heavy atom. The number of carbonyl (C=O) groups is 1. The quantitative estimate of drug-likeness (QED) is 0.237. The largest absolute Gasteiger partial charge is 0.491 e. The second kappa shape index (κ2) is 15.7. The molecule has 1 amide bonds. The molecule has 0 fully saturated rings. The number of hydrogen-bond donors (Lipinski definition) is 3. The van der Waals surface area contributed by atoms with E-state index in [1.54, 1.807) is 33.7 Å². The van der Waals surface area contributed by atoms with Crippen LogP contribution in [0.25, 0.3) is 0 Å². The van der Waals surface area contributed by atoms with Gasteiger partial charge in [0.15, 0.2) is 0 Å². The third-order valence-electron chi connectivity index (χ3n) is 3.93. The van der Waals surface area contributed by atoms with Gasteiger partial charge in [-0.2, -0.15) is 0 Å². The van der Waals surface area contributed by atoms with Gasteiger partial charge in [0, 0.05) is 29.8 Å². The molecule has 0 radical (unpaired) electrons. The zero-order chi connectivity index (χ0) is 22.2. The monoisotopic (exact) mass is 462 g/mol. The maximum Gasteiger partial charge on any atom is 0.220 e. The molecular formula is C20H34N2O6S2. The number of aliphatic hydroxyl groups excluding tert-OH is 2. The summed E-state index contributed by atoms with van der Waals surface area (Å²) >= 11 is 0.